The summed E-state index contributed by atoms with van der Waals surface area (Å²) in [6.07, 6.45) is 1.43. The van der Waals surface area contributed by atoms with Gasteiger partial charge < -0.3 is 25.8 Å². The number of aliphatic hydroxyl groups excluding tert-OH is 3. The summed E-state index contributed by atoms with van der Waals surface area (Å²) in [5, 5.41) is 34.0. The van der Waals surface area contributed by atoms with E-state index in [2.05, 4.69) is 30.5 Å². The maximum atomic E-state index is 10.4. The monoisotopic (exact) mass is 386 g/mol. The highest BCUT2D eigenvalue weighted by Crippen LogP contribution is 2.35. The van der Waals surface area contributed by atoms with Crippen molar-refractivity contribution in [3.63, 3.8) is 0 Å². The molecule has 146 valence electrons. The summed E-state index contributed by atoms with van der Waals surface area (Å²) in [4.78, 5) is 16.4. The number of imidazole rings is 1. The van der Waals surface area contributed by atoms with Gasteiger partial charge in [-0.3, -0.25) is 9.55 Å². The Kier molecular flexibility index (Phi) is 4.83. The largest absolute Gasteiger partial charge is 0.394 e. The van der Waals surface area contributed by atoms with Gasteiger partial charge in [-0.15, -0.1) is 0 Å². The highest BCUT2D eigenvalue weighted by atomic mass is 16.6. The second-order valence-electron chi connectivity index (χ2n) is 6.12. The van der Waals surface area contributed by atoms with Crippen LogP contribution in [-0.2, 0) is 4.74 Å². The van der Waals surface area contributed by atoms with Crippen LogP contribution < -0.4 is 11.2 Å². The first-order chi connectivity index (χ1) is 13.6. The van der Waals surface area contributed by atoms with E-state index in [1.807, 2.05) is 6.07 Å². The van der Waals surface area contributed by atoms with Gasteiger partial charge in [0.1, 0.15) is 24.6 Å². The first-order valence-electron chi connectivity index (χ1n) is 8.40. The van der Waals surface area contributed by atoms with Gasteiger partial charge in [0.15, 0.2) is 23.2 Å². The Hall–Kier alpha value is -3.19. The second kappa shape index (κ2) is 7.44. The predicted molar refractivity (Wildman–Crippen MR) is 98.2 cm³/mol. The van der Waals surface area contributed by atoms with Crippen molar-refractivity contribution in [2.75, 3.05) is 17.8 Å². The van der Waals surface area contributed by atoms with Gasteiger partial charge in [0.2, 0.25) is 5.95 Å². The van der Waals surface area contributed by atoms with E-state index in [1.54, 1.807) is 18.5 Å². The number of fused-ring (bicyclic) bond motifs is 1. The molecule has 0 bridgehead atoms. The first kappa shape index (κ1) is 18.2. The molecule has 1 aliphatic rings. The minimum Gasteiger partial charge on any atom is -0.394 e. The zero-order valence-corrected chi connectivity index (χ0v) is 14.5. The molecule has 4 heterocycles. The van der Waals surface area contributed by atoms with Gasteiger partial charge in [0.05, 0.1) is 12.8 Å². The number of nitrogens with one attached hydrogen (secondary N) is 1. The molecular formula is C16H18N8O4. The summed E-state index contributed by atoms with van der Waals surface area (Å²) in [6, 6.07) is 3.59. The van der Waals surface area contributed by atoms with Gasteiger partial charge in [0.25, 0.3) is 0 Å². The van der Waals surface area contributed by atoms with Crippen LogP contribution in [0.4, 0.5) is 11.8 Å². The number of nitrogen functional groups attached to an aromatic ring is 1. The Balaban J connectivity index is 1.73. The highest BCUT2D eigenvalue weighted by molar-refractivity contribution is 5.84. The van der Waals surface area contributed by atoms with Crippen LogP contribution in [0.3, 0.4) is 0 Å². The summed E-state index contributed by atoms with van der Waals surface area (Å²) >= 11 is 0. The fourth-order valence-corrected chi connectivity index (χ4v) is 2.96. The number of hydrogen-bond donors (Lipinski definition) is 5. The number of hydrogen-bond acceptors (Lipinski definition) is 11. The average Bonchev–Trinajstić information content (AvgIpc) is 3.21. The zero-order chi connectivity index (χ0) is 19.7. The van der Waals surface area contributed by atoms with Crippen molar-refractivity contribution in [3.05, 3.63) is 36.4 Å². The molecule has 12 heteroatoms. The van der Waals surface area contributed by atoms with E-state index in [-0.39, 0.29) is 22.9 Å². The number of aliphatic hydroxyl groups is 3. The molecule has 4 rings (SSSR count). The maximum Gasteiger partial charge on any atom is 0.228 e. The molecule has 0 aromatic carbocycles. The molecular weight excluding hydrogens is 368 g/mol. The van der Waals surface area contributed by atoms with E-state index in [0.717, 1.165) is 5.56 Å². The van der Waals surface area contributed by atoms with Gasteiger partial charge in [0, 0.05) is 18.0 Å². The molecule has 12 nitrogen and oxygen atoms in total. The van der Waals surface area contributed by atoms with Crippen LogP contribution in [0.5, 0.6) is 0 Å². The number of nitrogens with two attached hydrogens (primary N) is 1. The smallest absolute Gasteiger partial charge is 0.228 e. The molecule has 0 amide bonds. The number of hydrazone groups is 1. The zero-order valence-electron chi connectivity index (χ0n) is 14.5. The lowest BCUT2D eigenvalue weighted by atomic mass is 10.1. The minimum atomic E-state index is -1.33. The van der Waals surface area contributed by atoms with Crippen molar-refractivity contribution in [1.29, 1.82) is 0 Å². The lowest BCUT2D eigenvalue weighted by Gasteiger charge is -2.18. The Labute approximate surface area is 158 Å². The number of anilines is 2. The Morgan fingerprint density at radius 1 is 1.32 bits per heavy atom. The van der Waals surface area contributed by atoms with E-state index in [1.165, 1.54) is 17.1 Å². The van der Waals surface area contributed by atoms with E-state index in [0.29, 0.717) is 0 Å². The molecule has 0 unspecified atom stereocenters. The molecule has 1 aliphatic heterocycles. The Bertz CT molecular complexity index is 995. The average molecular weight is 386 g/mol. The third kappa shape index (κ3) is 3.14. The molecule has 3 aromatic rings. The van der Waals surface area contributed by atoms with Crippen LogP contribution in [0.1, 0.15) is 11.8 Å². The molecule has 1 fully saturated rings. The third-order valence-electron chi connectivity index (χ3n) is 4.34. The summed E-state index contributed by atoms with van der Waals surface area (Å²) in [7, 11) is 0. The van der Waals surface area contributed by atoms with Crippen LogP contribution in [0.2, 0.25) is 0 Å². The molecule has 28 heavy (non-hydrogen) atoms. The quantitative estimate of drug-likeness (QED) is 0.266. The molecule has 0 spiro atoms. The molecule has 6 N–H and O–H groups in total. The molecule has 0 radical (unpaired) electrons. The van der Waals surface area contributed by atoms with Crippen molar-refractivity contribution >= 4 is 29.1 Å². The van der Waals surface area contributed by atoms with Crippen molar-refractivity contribution in [3.8, 4) is 0 Å². The SMILES string of the molecule is Nc1ncnc2c1nc(NN=Cc1cccnc1)n2[C@@H]1O[C@@H](CO)[C@@H](O)[C@@H]1O. The summed E-state index contributed by atoms with van der Waals surface area (Å²) in [5.74, 6) is 0.298. The Morgan fingerprint density at radius 3 is 2.89 bits per heavy atom. The van der Waals surface area contributed by atoms with E-state index in [9.17, 15) is 15.3 Å². The van der Waals surface area contributed by atoms with Crippen LogP contribution in [0, 0.1) is 0 Å². The highest BCUT2D eigenvalue weighted by Gasteiger charge is 2.45. The van der Waals surface area contributed by atoms with E-state index >= 15 is 0 Å². The second-order valence-corrected chi connectivity index (χ2v) is 6.12. The van der Waals surface area contributed by atoms with Crippen molar-refractivity contribution in [2.45, 2.75) is 24.5 Å². The number of nitrogens with zero attached hydrogens (tertiary/aromatic N) is 6. The molecule has 0 aliphatic carbocycles. The summed E-state index contributed by atoms with van der Waals surface area (Å²) < 4.78 is 7.02. The minimum absolute atomic E-state index is 0.134. The van der Waals surface area contributed by atoms with Gasteiger partial charge in [-0.1, -0.05) is 6.07 Å². The predicted octanol–water partition coefficient (Wildman–Crippen LogP) is -1.14. The van der Waals surface area contributed by atoms with Crippen LogP contribution >= 0.6 is 0 Å². The van der Waals surface area contributed by atoms with E-state index < -0.39 is 31.1 Å². The number of pyridine rings is 1. The standard InChI is InChI=1S/C16H18N8O4/c17-13-10-14(20-7-19-13)24(15-12(27)11(26)9(6-25)28-15)16(22-10)23-21-5-8-2-1-3-18-4-8/h1-5,7,9,11-12,15,25-27H,6H2,(H,22,23)(H2,17,19,20)/t9-,11+,12-,15+/m0/s1. The summed E-state index contributed by atoms with van der Waals surface area (Å²) in [6.45, 7) is -0.458. The normalized spacial score (nSPS) is 25.0. The van der Waals surface area contributed by atoms with Crippen molar-refractivity contribution in [1.82, 2.24) is 24.5 Å². The maximum absolute atomic E-state index is 10.4. The third-order valence-corrected chi connectivity index (χ3v) is 4.34. The Morgan fingerprint density at radius 2 is 2.18 bits per heavy atom. The van der Waals surface area contributed by atoms with Gasteiger partial charge in [-0.25, -0.2) is 20.4 Å². The topological polar surface area (TPSA) is 177 Å². The fourth-order valence-electron chi connectivity index (χ4n) is 2.96. The molecule has 0 saturated carbocycles. The number of ether oxygens (including phenoxy) is 1. The lowest BCUT2D eigenvalue weighted by molar-refractivity contribution is -0.0501. The van der Waals surface area contributed by atoms with Crippen molar-refractivity contribution in [2.24, 2.45) is 5.10 Å². The van der Waals surface area contributed by atoms with Gasteiger partial charge in [-0.05, 0) is 6.07 Å². The van der Waals surface area contributed by atoms with Crippen LogP contribution in [0.15, 0.2) is 36.0 Å². The van der Waals surface area contributed by atoms with Gasteiger partial charge in [-0.2, -0.15) is 5.10 Å². The van der Waals surface area contributed by atoms with Crippen LogP contribution in [-0.4, -0.2) is 71.0 Å². The van der Waals surface area contributed by atoms with Crippen molar-refractivity contribution < 1.29 is 20.1 Å². The van der Waals surface area contributed by atoms with Gasteiger partial charge >= 0.3 is 0 Å². The first-order valence-corrected chi connectivity index (χ1v) is 8.40. The molecule has 4 atom stereocenters. The fraction of sp³-hybridized carbons (Fsp3) is 0.312. The number of aromatic nitrogens is 5. The molecule has 3 aromatic heterocycles. The lowest BCUT2D eigenvalue weighted by Crippen LogP contribution is -2.33. The van der Waals surface area contributed by atoms with E-state index in [4.69, 9.17) is 10.5 Å². The molecule has 1 saturated heterocycles. The van der Waals surface area contributed by atoms with Crippen LogP contribution in [0.25, 0.3) is 11.2 Å². The number of rotatable bonds is 5. The summed E-state index contributed by atoms with van der Waals surface area (Å²) in [5.41, 5.74) is 9.95.